The minimum absolute atomic E-state index is 0.0874. The Balaban J connectivity index is 1.84. The maximum absolute atomic E-state index is 12.7. The third kappa shape index (κ3) is 3.24. The van der Waals surface area contributed by atoms with Crippen LogP contribution < -0.4 is 10.3 Å². The van der Waals surface area contributed by atoms with Crippen molar-refractivity contribution < 1.29 is 4.74 Å². The fourth-order valence-corrected chi connectivity index (χ4v) is 4.22. The lowest BCUT2D eigenvalue weighted by atomic mass is 10.0. The number of hydrogen-bond acceptors (Lipinski definition) is 3. The van der Waals surface area contributed by atoms with Crippen LogP contribution in [0.25, 0.3) is 22.3 Å². The topological polar surface area (TPSA) is 55.0 Å². The van der Waals surface area contributed by atoms with E-state index in [0.717, 1.165) is 53.5 Å². The smallest absolute Gasteiger partial charge is 0.259 e. The molecule has 0 saturated carbocycles. The summed E-state index contributed by atoms with van der Waals surface area (Å²) >= 11 is 2.36. The van der Waals surface area contributed by atoms with E-state index in [1.807, 2.05) is 18.2 Å². The molecule has 1 N–H and O–H groups in total. The molecule has 0 spiro atoms. The van der Waals surface area contributed by atoms with E-state index in [1.165, 1.54) is 16.7 Å². The van der Waals surface area contributed by atoms with Crippen molar-refractivity contribution >= 4 is 33.5 Å². The average molecular weight is 460 g/mol. The van der Waals surface area contributed by atoms with Gasteiger partial charge in [-0.3, -0.25) is 4.79 Å². The lowest BCUT2D eigenvalue weighted by molar-refractivity contribution is 0.317. The lowest BCUT2D eigenvalue weighted by Crippen LogP contribution is -2.11. The van der Waals surface area contributed by atoms with Gasteiger partial charge >= 0.3 is 0 Å². The number of aromatic amines is 1. The maximum atomic E-state index is 12.7. The number of aryl methyl sites for hydroxylation is 2. The molecule has 0 radical (unpaired) electrons. The number of aromatic nitrogens is 2. The molecule has 0 bridgehead atoms. The molecule has 4 nitrogen and oxygen atoms in total. The van der Waals surface area contributed by atoms with Gasteiger partial charge in [-0.2, -0.15) is 0 Å². The Bertz CT molecular complexity index is 1030. The number of ether oxygens (including phenoxy) is 1. The number of nitrogens with one attached hydrogen (secondary N) is 1. The molecule has 0 fully saturated rings. The van der Waals surface area contributed by atoms with Crippen molar-refractivity contribution in [1.29, 1.82) is 0 Å². The molecule has 3 aromatic rings. The molecule has 0 aliphatic carbocycles. The summed E-state index contributed by atoms with van der Waals surface area (Å²) in [6.07, 6.45) is 4.18. The summed E-state index contributed by atoms with van der Waals surface area (Å²) in [7, 11) is 0. The number of halogens is 1. The zero-order valence-corrected chi connectivity index (χ0v) is 16.9. The summed E-state index contributed by atoms with van der Waals surface area (Å²) in [5.41, 5.74) is 5.24. The number of alkyl halides is 1. The number of benzene rings is 2. The van der Waals surface area contributed by atoms with Crippen LogP contribution in [0.3, 0.4) is 0 Å². The van der Waals surface area contributed by atoms with Gasteiger partial charge in [0, 0.05) is 9.99 Å². The summed E-state index contributed by atoms with van der Waals surface area (Å²) in [6.45, 7) is 2.86. The Labute approximate surface area is 166 Å². The molecule has 0 atom stereocenters. The normalized spacial score (nSPS) is 13.9. The van der Waals surface area contributed by atoms with Gasteiger partial charge in [-0.05, 0) is 60.6 Å². The van der Waals surface area contributed by atoms with Crippen LogP contribution in [0.1, 0.15) is 36.5 Å². The van der Waals surface area contributed by atoms with Gasteiger partial charge in [-0.1, -0.05) is 41.6 Å². The SMILES string of the molecule is CCc1cc2c(=O)[nH]c(-c3ccc4c(c3)OCCCC4)nc2cc1CI. The highest BCUT2D eigenvalue weighted by Crippen LogP contribution is 2.29. The number of fused-ring (bicyclic) bond motifs is 2. The van der Waals surface area contributed by atoms with Crippen LogP contribution in [0, 0.1) is 0 Å². The zero-order chi connectivity index (χ0) is 18.1. The second kappa shape index (κ2) is 7.39. The highest BCUT2D eigenvalue weighted by atomic mass is 127. The molecule has 0 saturated heterocycles. The predicted molar refractivity (Wildman–Crippen MR) is 113 cm³/mol. The Kier molecular flexibility index (Phi) is 4.98. The monoisotopic (exact) mass is 460 g/mol. The van der Waals surface area contributed by atoms with Crippen molar-refractivity contribution in [1.82, 2.24) is 9.97 Å². The first-order chi connectivity index (χ1) is 12.7. The van der Waals surface area contributed by atoms with Gasteiger partial charge in [0.1, 0.15) is 11.6 Å². The molecule has 1 aliphatic rings. The fraction of sp³-hybridized carbons (Fsp3) is 0.333. The van der Waals surface area contributed by atoms with Crippen LogP contribution in [-0.2, 0) is 17.3 Å². The van der Waals surface area contributed by atoms with Crippen LogP contribution >= 0.6 is 22.6 Å². The first-order valence-electron chi connectivity index (χ1n) is 9.07. The van der Waals surface area contributed by atoms with E-state index in [1.54, 1.807) is 0 Å². The van der Waals surface area contributed by atoms with Crippen LogP contribution in [0.2, 0.25) is 0 Å². The van der Waals surface area contributed by atoms with Crippen molar-refractivity contribution in [3.8, 4) is 17.1 Å². The molecule has 0 unspecified atom stereocenters. The van der Waals surface area contributed by atoms with Gasteiger partial charge < -0.3 is 9.72 Å². The highest BCUT2D eigenvalue weighted by molar-refractivity contribution is 14.1. The van der Waals surface area contributed by atoms with Crippen LogP contribution in [0.4, 0.5) is 0 Å². The largest absolute Gasteiger partial charge is 0.493 e. The van der Waals surface area contributed by atoms with E-state index >= 15 is 0 Å². The van der Waals surface area contributed by atoms with Gasteiger partial charge in [-0.15, -0.1) is 0 Å². The third-order valence-electron chi connectivity index (χ3n) is 4.99. The third-order valence-corrected chi connectivity index (χ3v) is 5.81. The van der Waals surface area contributed by atoms with Crippen molar-refractivity contribution in [2.24, 2.45) is 0 Å². The fourth-order valence-electron chi connectivity index (χ4n) is 3.51. The number of nitrogens with zero attached hydrogens (tertiary/aromatic N) is 1. The summed E-state index contributed by atoms with van der Waals surface area (Å²) < 4.78 is 6.78. The van der Waals surface area contributed by atoms with Gasteiger partial charge in [-0.25, -0.2) is 4.98 Å². The molecule has 26 heavy (non-hydrogen) atoms. The molecular weight excluding hydrogens is 439 g/mol. The van der Waals surface area contributed by atoms with E-state index in [9.17, 15) is 4.79 Å². The number of rotatable bonds is 3. The van der Waals surface area contributed by atoms with E-state index in [4.69, 9.17) is 9.72 Å². The van der Waals surface area contributed by atoms with Crippen molar-refractivity contribution in [3.63, 3.8) is 0 Å². The molecule has 5 heteroatoms. The minimum atomic E-state index is -0.0874. The number of hydrogen-bond donors (Lipinski definition) is 1. The summed E-state index contributed by atoms with van der Waals surface area (Å²) in [6, 6.07) is 10.2. The van der Waals surface area contributed by atoms with Gasteiger partial charge in [0.25, 0.3) is 5.56 Å². The molecule has 1 aromatic heterocycles. The predicted octanol–water partition coefficient (Wildman–Crippen LogP) is 4.80. The van der Waals surface area contributed by atoms with Gasteiger partial charge in [0.15, 0.2) is 0 Å². The van der Waals surface area contributed by atoms with Crippen molar-refractivity contribution in [2.75, 3.05) is 6.61 Å². The Morgan fingerprint density at radius 1 is 1.19 bits per heavy atom. The zero-order valence-electron chi connectivity index (χ0n) is 14.8. The second-order valence-corrected chi connectivity index (χ2v) is 7.43. The second-order valence-electron chi connectivity index (χ2n) is 6.67. The highest BCUT2D eigenvalue weighted by Gasteiger charge is 2.13. The molecule has 1 aliphatic heterocycles. The summed E-state index contributed by atoms with van der Waals surface area (Å²) in [5, 5.41) is 0.658. The number of H-pyrrole nitrogens is 1. The summed E-state index contributed by atoms with van der Waals surface area (Å²) in [4.78, 5) is 20.4. The van der Waals surface area contributed by atoms with Crippen LogP contribution in [0.15, 0.2) is 35.1 Å². The minimum Gasteiger partial charge on any atom is -0.493 e. The summed E-state index contributed by atoms with van der Waals surface area (Å²) in [5.74, 6) is 1.51. The Morgan fingerprint density at radius 2 is 2.08 bits per heavy atom. The molecule has 2 aromatic carbocycles. The van der Waals surface area contributed by atoms with Gasteiger partial charge in [0.2, 0.25) is 0 Å². The van der Waals surface area contributed by atoms with E-state index in [2.05, 4.69) is 46.6 Å². The Morgan fingerprint density at radius 3 is 2.88 bits per heavy atom. The lowest BCUT2D eigenvalue weighted by Gasteiger charge is -2.11. The van der Waals surface area contributed by atoms with E-state index < -0.39 is 0 Å². The standard InChI is InChI=1S/C21H21IN2O2/c1-2-13-9-17-18(10-16(13)12-22)23-20(24-21(17)25)15-7-6-14-5-3-4-8-26-19(14)11-15/h6-7,9-11H,2-5,8,12H2,1H3,(H,23,24,25). The Hall–Kier alpha value is -1.89. The maximum Gasteiger partial charge on any atom is 0.259 e. The van der Waals surface area contributed by atoms with E-state index in [-0.39, 0.29) is 5.56 Å². The molecule has 134 valence electrons. The van der Waals surface area contributed by atoms with Crippen molar-refractivity contribution in [3.05, 3.63) is 57.4 Å². The first kappa shape index (κ1) is 17.5. The van der Waals surface area contributed by atoms with Gasteiger partial charge in [0.05, 0.1) is 17.5 Å². The first-order valence-corrected chi connectivity index (χ1v) is 10.6. The average Bonchev–Trinajstić information content (AvgIpc) is 2.91. The molecule has 4 rings (SSSR count). The van der Waals surface area contributed by atoms with Crippen molar-refractivity contribution in [2.45, 2.75) is 37.0 Å². The quantitative estimate of drug-likeness (QED) is 0.451. The molecule has 0 amide bonds. The molecular formula is C21H21IN2O2. The van der Waals surface area contributed by atoms with Crippen LogP contribution in [-0.4, -0.2) is 16.6 Å². The van der Waals surface area contributed by atoms with E-state index in [0.29, 0.717) is 11.2 Å². The molecule has 2 heterocycles. The van der Waals surface area contributed by atoms with Crippen LogP contribution in [0.5, 0.6) is 5.75 Å².